The summed E-state index contributed by atoms with van der Waals surface area (Å²) in [4.78, 5) is 11.7. The molecule has 142 valence electrons. The molecule has 2 aliphatic carbocycles. The third-order valence-electron chi connectivity index (χ3n) is 6.91. The minimum Gasteiger partial charge on any atom is -0.462 e. The standard InChI is InChI=1S/C22H36O3/c1-8-21(6,24)13-10-17-15(2)14-18(25-16(3)23)19-20(4,5)11-9-12-22(17,19)7/h8,17-19,24H,1-2,9-14H2,3-7H3/t17?,18?,19?,21-,22?/m0/s1. The second-order valence-electron chi connectivity index (χ2n) is 9.49. The predicted octanol–water partition coefficient (Wildman–Crippen LogP) is 5.04. The molecule has 3 nitrogen and oxygen atoms in total. The van der Waals surface area contributed by atoms with Gasteiger partial charge in [-0.25, -0.2) is 0 Å². The third-order valence-corrected chi connectivity index (χ3v) is 6.91. The van der Waals surface area contributed by atoms with Crippen LogP contribution in [-0.4, -0.2) is 22.8 Å². The van der Waals surface area contributed by atoms with E-state index in [0.29, 0.717) is 18.3 Å². The van der Waals surface area contributed by atoms with E-state index in [0.717, 1.165) is 25.7 Å². The minimum atomic E-state index is -0.844. The Balaban J connectivity index is 2.35. The molecule has 2 saturated carbocycles. The van der Waals surface area contributed by atoms with Gasteiger partial charge in [0.2, 0.25) is 0 Å². The van der Waals surface area contributed by atoms with E-state index >= 15 is 0 Å². The molecular formula is C22H36O3. The number of aliphatic hydroxyl groups is 1. The minimum absolute atomic E-state index is 0.0500. The Morgan fingerprint density at radius 2 is 2.04 bits per heavy atom. The van der Waals surface area contributed by atoms with Crippen LogP contribution in [0, 0.1) is 22.7 Å². The fourth-order valence-corrected chi connectivity index (χ4v) is 5.83. The number of carbonyl (C=O) groups excluding carboxylic acids is 1. The van der Waals surface area contributed by atoms with Crippen LogP contribution in [0.2, 0.25) is 0 Å². The smallest absolute Gasteiger partial charge is 0.302 e. The van der Waals surface area contributed by atoms with E-state index in [2.05, 4.69) is 33.9 Å². The van der Waals surface area contributed by atoms with Crippen LogP contribution in [0.25, 0.3) is 0 Å². The average molecular weight is 349 g/mol. The molecule has 0 heterocycles. The van der Waals surface area contributed by atoms with Crippen LogP contribution in [0.3, 0.4) is 0 Å². The van der Waals surface area contributed by atoms with Crippen molar-refractivity contribution in [3.8, 4) is 0 Å². The quantitative estimate of drug-likeness (QED) is 0.559. The first-order chi connectivity index (χ1) is 11.4. The predicted molar refractivity (Wildman–Crippen MR) is 102 cm³/mol. The van der Waals surface area contributed by atoms with Gasteiger partial charge in [-0.05, 0) is 49.4 Å². The van der Waals surface area contributed by atoms with Crippen molar-refractivity contribution >= 4 is 5.97 Å². The lowest BCUT2D eigenvalue weighted by molar-refractivity contribution is -0.171. The number of hydrogen-bond donors (Lipinski definition) is 1. The first-order valence-corrected chi connectivity index (χ1v) is 9.64. The monoisotopic (exact) mass is 348 g/mol. The summed E-state index contributed by atoms with van der Waals surface area (Å²) in [5.74, 6) is 0.465. The Bertz CT molecular complexity index is 545. The maximum Gasteiger partial charge on any atom is 0.302 e. The molecule has 3 heteroatoms. The van der Waals surface area contributed by atoms with Crippen molar-refractivity contribution in [3.05, 3.63) is 24.8 Å². The normalized spacial score (nSPS) is 36.9. The largest absolute Gasteiger partial charge is 0.462 e. The van der Waals surface area contributed by atoms with Crippen molar-refractivity contribution in [2.45, 2.75) is 84.8 Å². The SMILES string of the molecule is C=C[C@](C)(O)CCC1C(=C)CC(OC(C)=O)C2C(C)(C)CCCC12C. The van der Waals surface area contributed by atoms with Gasteiger partial charge < -0.3 is 9.84 Å². The molecule has 1 N–H and O–H groups in total. The maximum absolute atomic E-state index is 11.7. The van der Waals surface area contributed by atoms with Crippen LogP contribution >= 0.6 is 0 Å². The van der Waals surface area contributed by atoms with Gasteiger partial charge in [-0.2, -0.15) is 0 Å². The van der Waals surface area contributed by atoms with Crippen molar-refractivity contribution in [3.63, 3.8) is 0 Å². The van der Waals surface area contributed by atoms with Gasteiger partial charge in [0.15, 0.2) is 0 Å². The summed E-state index contributed by atoms with van der Waals surface area (Å²) in [6.45, 7) is 18.4. The summed E-state index contributed by atoms with van der Waals surface area (Å²) >= 11 is 0. The molecule has 0 aromatic carbocycles. The second-order valence-corrected chi connectivity index (χ2v) is 9.49. The third kappa shape index (κ3) is 4.02. The molecule has 0 aliphatic heterocycles. The van der Waals surface area contributed by atoms with Crippen LogP contribution in [-0.2, 0) is 9.53 Å². The lowest BCUT2D eigenvalue weighted by Crippen LogP contribution is -2.56. The summed E-state index contributed by atoms with van der Waals surface area (Å²) in [6, 6.07) is 0. The molecule has 4 unspecified atom stereocenters. The van der Waals surface area contributed by atoms with E-state index in [1.165, 1.54) is 18.9 Å². The highest BCUT2D eigenvalue weighted by molar-refractivity contribution is 5.66. The number of hydrogen-bond acceptors (Lipinski definition) is 3. The van der Waals surface area contributed by atoms with E-state index in [-0.39, 0.29) is 22.9 Å². The molecule has 0 spiro atoms. The van der Waals surface area contributed by atoms with E-state index in [9.17, 15) is 9.90 Å². The molecule has 0 radical (unpaired) electrons. The van der Waals surface area contributed by atoms with Crippen molar-refractivity contribution in [1.29, 1.82) is 0 Å². The fourth-order valence-electron chi connectivity index (χ4n) is 5.83. The Morgan fingerprint density at radius 1 is 1.40 bits per heavy atom. The highest BCUT2D eigenvalue weighted by atomic mass is 16.5. The molecule has 5 atom stereocenters. The summed E-state index contributed by atoms with van der Waals surface area (Å²) in [7, 11) is 0. The lowest BCUT2D eigenvalue weighted by Gasteiger charge is -2.60. The van der Waals surface area contributed by atoms with Gasteiger partial charge in [0, 0.05) is 19.3 Å². The second kappa shape index (κ2) is 6.90. The zero-order valence-corrected chi connectivity index (χ0v) is 16.7. The Kier molecular flexibility index (Phi) is 5.59. The van der Waals surface area contributed by atoms with Crippen LogP contribution in [0.5, 0.6) is 0 Å². The van der Waals surface area contributed by atoms with Crippen molar-refractivity contribution < 1.29 is 14.6 Å². The number of ether oxygens (including phenoxy) is 1. The summed E-state index contributed by atoms with van der Waals surface area (Å²) in [5.41, 5.74) is 0.507. The lowest BCUT2D eigenvalue weighted by atomic mass is 9.46. The summed E-state index contributed by atoms with van der Waals surface area (Å²) < 4.78 is 5.78. The van der Waals surface area contributed by atoms with Gasteiger partial charge in [-0.1, -0.05) is 45.4 Å². The molecule has 0 bridgehead atoms. The van der Waals surface area contributed by atoms with Crippen LogP contribution in [0.4, 0.5) is 0 Å². The Hall–Kier alpha value is -1.09. The number of fused-ring (bicyclic) bond motifs is 1. The van der Waals surface area contributed by atoms with Crippen molar-refractivity contribution in [2.75, 3.05) is 0 Å². The van der Waals surface area contributed by atoms with E-state index in [1.807, 2.05) is 6.92 Å². The number of rotatable bonds is 5. The molecule has 2 aliphatic rings. The zero-order chi connectivity index (χ0) is 19.0. The van der Waals surface area contributed by atoms with E-state index in [4.69, 9.17) is 4.74 Å². The van der Waals surface area contributed by atoms with Gasteiger partial charge in [0.05, 0.1) is 5.60 Å². The van der Waals surface area contributed by atoms with Gasteiger partial charge >= 0.3 is 5.97 Å². The first kappa shape index (κ1) is 20.2. The summed E-state index contributed by atoms with van der Waals surface area (Å²) in [5, 5.41) is 10.4. The first-order valence-electron chi connectivity index (χ1n) is 9.64. The molecular weight excluding hydrogens is 312 g/mol. The highest BCUT2D eigenvalue weighted by Gasteiger charge is 2.57. The highest BCUT2D eigenvalue weighted by Crippen LogP contribution is 2.62. The molecule has 2 rings (SSSR count). The molecule has 25 heavy (non-hydrogen) atoms. The van der Waals surface area contributed by atoms with Crippen molar-refractivity contribution in [1.82, 2.24) is 0 Å². The Labute approximate surface area is 153 Å². The maximum atomic E-state index is 11.7. The molecule has 2 fully saturated rings. The van der Waals surface area contributed by atoms with Crippen LogP contribution in [0.1, 0.15) is 73.1 Å². The Morgan fingerprint density at radius 3 is 2.60 bits per heavy atom. The molecule has 0 amide bonds. The van der Waals surface area contributed by atoms with Crippen LogP contribution in [0.15, 0.2) is 24.8 Å². The molecule has 0 saturated heterocycles. The van der Waals surface area contributed by atoms with E-state index in [1.54, 1.807) is 6.08 Å². The van der Waals surface area contributed by atoms with Gasteiger partial charge in [0.1, 0.15) is 6.10 Å². The average Bonchev–Trinajstić information content (AvgIpc) is 2.44. The van der Waals surface area contributed by atoms with E-state index < -0.39 is 5.60 Å². The van der Waals surface area contributed by atoms with Crippen LogP contribution < -0.4 is 0 Å². The van der Waals surface area contributed by atoms with Gasteiger partial charge in [0.25, 0.3) is 0 Å². The topological polar surface area (TPSA) is 46.5 Å². The molecule has 0 aromatic heterocycles. The van der Waals surface area contributed by atoms with Gasteiger partial charge in [-0.15, -0.1) is 6.58 Å². The van der Waals surface area contributed by atoms with Crippen molar-refractivity contribution in [2.24, 2.45) is 22.7 Å². The molecule has 0 aromatic rings. The van der Waals surface area contributed by atoms with Gasteiger partial charge in [-0.3, -0.25) is 4.79 Å². The number of esters is 1. The summed E-state index contributed by atoms with van der Waals surface area (Å²) in [6.07, 6.45) is 7.34. The number of carbonyl (C=O) groups is 1. The fraction of sp³-hybridized carbons (Fsp3) is 0.773. The zero-order valence-electron chi connectivity index (χ0n) is 16.7.